The van der Waals surface area contributed by atoms with Crippen LogP contribution in [0.1, 0.15) is 23.8 Å². The molecule has 4 rings (SSSR count). The molecule has 4 nitrogen and oxygen atoms in total. The van der Waals surface area contributed by atoms with E-state index in [1.807, 2.05) is 42.6 Å². The smallest absolute Gasteiger partial charge is 0.144 e. The number of nitrogens with zero attached hydrogens (tertiary/aromatic N) is 3. The van der Waals surface area contributed by atoms with Crippen molar-refractivity contribution in [3.63, 3.8) is 0 Å². The Bertz CT molecular complexity index is 699. The van der Waals surface area contributed by atoms with Crippen LogP contribution in [0.5, 0.6) is 0 Å². The Morgan fingerprint density at radius 1 is 1.24 bits per heavy atom. The van der Waals surface area contributed by atoms with Crippen molar-refractivity contribution in [1.82, 2.24) is 9.88 Å². The van der Waals surface area contributed by atoms with E-state index in [0.29, 0.717) is 0 Å². The first-order chi connectivity index (χ1) is 10.3. The van der Waals surface area contributed by atoms with Crippen LogP contribution in [0.4, 0.5) is 5.69 Å². The van der Waals surface area contributed by atoms with Gasteiger partial charge in [0, 0.05) is 35.6 Å². The molecule has 21 heavy (non-hydrogen) atoms. The fourth-order valence-corrected chi connectivity index (χ4v) is 3.11. The van der Waals surface area contributed by atoms with Crippen molar-refractivity contribution in [2.24, 2.45) is 4.99 Å². The van der Waals surface area contributed by atoms with E-state index in [0.717, 1.165) is 47.3 Å². The van der Waals surface area contributed by atoms with Gasteiger partial charge in [-0.05, 0) is 36.8 Å². The van der Waals surface area contributed by atoms with Crippen LogP contribution in [0.3, 0.4) is 0 Å². The molecule has 0 bridgehead atoms. The van der Waals surface area contributed by atoms with Gasteiger partial charge in [-0.1, -0.05) is 17.7 Å². The molecule has 0 radical (unpaired) electrons. The Morgan fingerprint density at radius 2 is 2.19 bits per heavy atom. The van der Waals surface area contributed by atoms with E-state index in [9.17, 15) is 0 Å². The number of pyridine rings is 1. The second-order valence-corrected chi connectivity index (χ2v) is 5.68. The summed E-state index contributed by atoms with van der Waals surface area (Å²) in [5.74, 6) is 1.04. The SMILES string of the molecule is Clc1ccc2c(c1)N[C@@H](c1ccccn1)N1CCCN=C21. The summed E-state index contributed by atoms with van der Waals surface area (Å²) in [6.07, 6.45) is 2.90. The predicted molar refractivity (Wildman–Crippen MR) is 84.8 cm³/mol. The number of benzene rings is 1. The summed E-state index contributed by atoms with van der Waals surface area (Å²) in [5, 5.41) is 4.28. The monoisotopic (exact) mass is 298 g/mol. The van der Waals surface area contributed by atoms with Crippen LogP contribution in [0.2, 0.25) is 5.02 Å². The van der Waals surface area contributed by atoms with E-state index in [2.05, 4.69) is 15.2 Å². The van der Waals surface area contributed by atoms with Gasteiger partial charge in [0.1, 0.15) is 12.0 Å². The summed E-state index contributed by atoms with van der Waals surface area (Å²) in [7, 11) is 0. The van der Waals surface area contributed by atoms with E-state index >= 15 is 0 Å². The Morgan fingerprint density at radius 3 is 3.05 bits per heavy atom. The molecule has 0 amide bonds. The van der Waals surface area contributed by atoms with E-state index < -0.39 is 0 Å². The number of fused-ring (bicyclic) bond motifs is 3. The van der Waals surface area contributed by atoms with Crippen molar-refractivity contribution in [1.29, 1.82) is 0 Å². The molecule has 2 aliphatic rings. The Balaban J connectivity index is 1.84. The van der Waals surface area contributed by atoms with Crippen molar-refractivity contribution >= 4 is 23.1 Å². The quantitative estimate of drug-likeness (QED) is 0.878. The number of halogens is 1. The predicted octanol–water partition coefficient (Wildman–Crippen LogP) is 3.31. The summed E-state index contributed by atoms with van der Waals surface area (Å²) in [4.78, 5) is 11.5. The number of hydrogen-bond acceptors (Lipinski definition) is 4. The lowest BCUT2D eigenvalue weighted by molar-refractivity contribution is 0.317. The maximum absolute atomic E-state index is 6.14. The Hall–Kier alpha value is -2.07. The summed E-state index contributed by atoms with van der Waals surface area (Å²) < 4.78 is 0. The number of amidine groups is 1. The zero-order valence-electron chi connectivity index (χ0n) is 11.5. The number of anilines is 1. The van der Waals surface area contributed by atoms with Crippen molar-refractivity contribution in [2.75, 3.05) is 18.4 Å². The largest absolute Gasteiger partial charge is 0.360 e. The molecule has 1 aromatic carbocycles. The van der Waals surface area contributed by atoms with E-state index in [1.165, 1.54) is 0 Å². The minimum absolute atomic E-state index is 0.0104. The Kier molecular flexibility index (Phi) is 3.04. The molecule has 1 atom stereocenters. The highest BCUT2D eigenvalue weighted by Crippen LogP contribution is 2.35. The van der Waals surface area contributed by atoms with Gasteiger partial charge in [-0.15, -0.1) is 0 Å². The topological polar surface area (TPSA) is 40.5 Å². The van der Waals surface area contributed by atoms with Crippen LogP contribution in [0.15, 0.2) is 47.6 Å². The van der Waals surface area contributed by atoms with Crippen LogP contribution in [-0.4, -0.2) is 28.8 Å². The molecular formula is C16H15ClN4. The minimum Gasteiger partial charge on any atom is -0.360 e. The molecule has 0 unspecified atom stereocenters. The second-order valence-electron chi connectivity index (χ2n) is 5.24. The maximum atomic E-state index is 6.14. The molecule has 1 N–H and O–H groups in total. The van der Waals surface area contributed by atoms with Crippen LogP contribution in [0.25, 0.3) is 0 Å². The molecule has 0 fully saturated rings. The van der Waals surface area contributed by atoms with Gasteiger partial charge in [0.2, 0.25) is 0 Å². The van der Waals surface area contributed by atoms with E-state index in [1.54, 1.807) is 0 Å². The highest BCUT2D eigenvalue weighted by Gasteiger charge is 2.33. The van der Waals surface area contributed by atoms with Crippen LogP contribution < -0.4 is 5.32 Å². The maximum Gasteiger partial charge on any atom is 0.144 e. The van der Waals surface area contributed by atoms with Gasteiger partial charge in [-0.3, -0.25) is 9.98 Å². The molecule has 0 aliphatic carbocycles. The van der Waals surface area contributed by atoms with Gasteiger partial charge in [-0.2, -0.15) is 0 Å². The summed E-state index contributed by atoms with van der Waals surface area (Å²) in [5.41, 5.74) is 3.14. The molecule has 106 valence electrons. The van der Waals surface area contributed by atoms with Crippen molar-refractivity contribution in [3.05, 3.63) is 58.9 Å². The molecule has 0 spiro atoms. The lowest BCUT2D eigenvalue weighted by atomic mass is 10.0. The highest BCUT2D eigenvalue weighted by molar-refractivity contribution is 6.31. The fraction of sp³-hybridized carbons (Fsp3) is 0.250. The molecule has 1 aromatic heterocycles. The zero-order chi connectivity index (χ0) is 14.2. The van der Waals surface area contributed by atoms with Gasteiger partial charge in [0.15, 0.2) is 0 Å². The van der Waals surface area contributed by atoms with Gasteiger partial charge in [-0.25, -0.2) is 0 Å². The average molecular weight is 299 g/mol. The molecule has 2 aromatic rings. The second kappa shape index (κ2) is 5.04. The van der Waals surface area contributed by atoms with Crippen molar-refractivity contribution in [3.8, 4) is 0 Å². The van der Waals surface area contributed by atoms with E-state index in [-0.39, 0.29) is 6.17 Å². The fourth-order valence-electron chi connectivity index (χ4n) is 2.94. The lowest BCUT2D eigenvalue weighted by Gasteiger charge is -2.41. The molecule has 0 saturated carbocycles. The lowest BCUT2D eigenvalue weighted by Crippen LogP contribution is -2.46. The number of hydrogen-bond donors (Lipinski definition) is 1. The third kappa shape index (κ3) is 2.16. The molecule has 2 aliphatic heterocycles. The molecular weight excluding hydrogens is 284 g/mol. The number of rotatable bonds is 1. The van der Waals surface area contributed by atoms with Crippen molar-refractivity contribution < 1.29 is 0 Å². The molecule has 0 saturated heterocycles. The Labute approximate surface area is 128 Å². The van der Waals surface area contributed by atoms with Gasteiger partial charge in [0.05, 0.1) is 5.69 Å². The van der Waals surface area contributed by atoms with Crippen molar-refractivity contribution in [2.45, 2.75) is 12.6 Å². The summed E-state index contributed by atoms with van der Waals surface area (Å²) in [6, 6.07) is 11.9. The summed E-state index contributed by atoms with van der Waals surface area (Å²) in [6.45, 7) is 1.86. The standard InChI is InChI=1S/C16H15ClN4/c17-11-5-6-12-14(10-11)20-16(13-4-1-2-7-18-13)21-9-3-8-19-15(12)21/h1-2,4-7,10,16,20H,3,8-9H2/t16-/m1/s1. The first-order valence-corrected chi connectivity index (χ1v) is 7.49. The highest BCUT2D eigenvalue weighted by atomic mass is 35.5. The summed E-state index contributed by atoms with van der Waals surface area (Å²) >= 11 is 6.14. The number of aliphatic imine (C=N–C) groups is 1. The molecule has 5 heteroatoms. The first kappa shape index (κ1) is 12.7. The number of aromatic nitrogens is 1. The van der Waals surface area contributed by atoms with Crippen LogP contribution >= 0.6 is 11.6 Å². The average Bonchev–Trinajstić information content (AvgIpc) is 2.54. The number of nitrogens with one attached hydrogen (secondary N) is 1. The van der Waals surface area contributed by atoms with Gasteiger partial charge >= 0.3 is 0 Å². The zero-order valence-corrected chi connectivity index (χ0v) is 12.2. The van der Waals surface area contributed by atoms with Crippen LogP contribution in [-0.2, 0) is 0 Å². The van der Waals surface area contributed by atoms with E-state index in [4.69, 9.17) is 16.6 Å². The van der Waals surface area contributed by atoms with Gasteiger partial charge in [0.25, 0.3) is 0 Å². The minimum atomic E-state index is 0.0104. The third-order valence-electron chi connectivity index (χ3n) is 3.89. The third-order valence-corrected chi connectivity index (χ3v) is 4.12. The first-order valence-electron chi connectivity index (χ1n) is 7.11. The van der Waals surface area contributed by atoms with Crippen LogP contribution in [0, 0.1) is 0 Å². The normalized spacial score (nSPS) is 20.1. The molecule has 3 heterocycles. The van der Waals surface area contributed by atoms with Gasteiger partial charge < -0.3 is 10.2 Å².